The molecule has 7 nitrogen and oxygen atoms in total. The molecule has 0 spiro atoms. The molecule has 0 amide bonds. The minimum absolute atomic E-state index is 0.103. The molecule has 6 aromatic rings. The third-order valence-electron chi connectivity index (χ3n) is 8.23. The largest absolute Gasteiger partial charge is 0.310 e. The van der Waals surface area contributed by atoms with Gasteiger partial charge in [0.1, 0.15) is 15.7 Å². The van der Waals surface area contributed by atoms with E-state index in [1.54, 1.807) is 13.1 Å². The zero-order valence-corrected chi connectivity index (χ0v) is 25.7. The van der Waals surface area contributed by atoms with Crippen molar-refractivity contribution < 1.29 is 0 Å². The summed E-state index contributed by atoms with van der Waals surface area (Å²) >= 11 is 2.26. The van der Waals surface area contributed by atoms with Crippen molar-refractivity contribution in [2.24, 2.45) is 7.05 Å². The van der Waals surface area contributed by atoms with Gasteiger partial charge in [0, 0.05) is 29.3 Å². The van der Waals surface area contributed by atoms with Crippen molar-refractivity contribution in [3.05, 3.63) is 133 Å². The SMILES string of the molecule is [C-]#[N+]/C(C#N)=c1\s/c(=C\c2ccc(-c3ccc4c(c3)C(C)(C)c3ccccc3N4c3ccccc3)c3nsnc23)c(=O)n1C. The Balaban J connectivity index is 1.40. The van der Waals surface area contributed by atoms with Crippen molar-refractivity contribution in [3.8, 4) is 17.2 Å². The lowest BCUT2D eigenvalue weighted by Crippen LogP contribution is -2.30. The molecule has 1 aliphatic heterocycles. The summed E-state index contributed by atoms with van der Waals surface area (Å²) in [6.07, 6.45) is 1.77. The fourth-order valence-electron chi connectivity index (χ4n) is 6.00. The topological polar surface area (TPSA) is 79.2 Å². The summed E-state index contributed by atoms with van der Waals surface area (Å²) < 4.78 is 11.4. The molecule has 3 heterocycles. The monoisotopic (exact) mass is 608 g/mol. The van der Waals surface area contributed by atoms with Gasteiger partial charge in [-0.3, -0.25) is 4.79 Å². The highest BCUT2D eigenvalue weighted by atomic mass is 32.1. The molecular formula is C35H24N6OS2. The maximum absolute atomic E-state index is 13.0. The van der Waals surface area contributed by atoms with Gasteiger partial charge in [-0.15, -0.1) is 11.3 Å². The van der Waals surface area contributed by atoms with Gasteiger partial charge < -0.3 is 9.47 Å². The van der Waals surface area contributed by atoms with Crippen LogP contribution in [0.2, 0.25) is 0 Å². The van der Waals surface area contributed by atoms with E-state index in [1.165, 1.54) is 21.4 Å². The number of fused-ring (bicyclic) bond motifs is 3. The first-order chi connectivity index (χ1) is 21.3. The number of aromatic nitrogens is 3. The molecule has 0 saturated carbocycles. The van der Waals surface area contributed by atoms with Crippen molar-refractivity contribution in [1.29, 1.82) is 5.26 Å². The molecule has 1 aliphatic rings. The Morgan fingerprint density at radius 2 is 1.68 bits per heavy atom. The van der Waals surface area contributed by atoms with Crippen LogP contribution < -0.4 is 19.7 Å². The first-order valence-electron chi connectivity index (χ1n) is 13.9. The summed E-state index contributed by atoms with van der Waals surface area (Å²) in [4.78, 5) is 18.6. The molecule has 0 saturated heterocycles. The van der Waals surface area contributed by atoms with Gasteiger partial charge in [-0.05, 0) is 53.1 Å². The predicted octanol–water partition coefficient (Wildman–Crippen LogP) is 6.61. The normalized spacial score (nSPS) is 14.5. The molecule has 0 aliphatic carbocycles. The third kappa shape index (κ3) is 4.17. The number of hydrogen-bond acceptors (Lipinski definition) is 7. The van der Waals surface area contributed by atoms with Crippen LogP contribution in [0.3, 0.4) is 0 Å². The second kappa shape index (κ2) is 10.4. The van der Waals surface area contributed by atoms with Gasteiger partial charge in [-0.1, -0.05) is 68.4 Å². The minimum atomic E-state index is -0.262. The van der Waals surface area contributed by atoms with Crippen molar-refractivity contribution in [1.82, 2.24) is 13.3 Å². The van der Waals surface area contributed by atoms with E-state index in [2.05, 4.69) is 99.1 Å². The average Bonchev–Trinajstić information content (AvgIpc) is 3.64. The zero-order chi connectivity index (χ0) is 30.6. The van der Waals surface area contributed by atoms with Crippen LogP contribution in [0.15, 0.2) is 89.7 Å². The van der Waals surface area contributed by atoms with Crippen molar-refractivity contribution in [3.63, 3.8) is 0 Å². The van der Waals surface area contributed by atoms with E-state index in [-0.39, 0.29) is 16.7 Å². The first-order valence-corrected chi connectivity index (χ1v) is 15.4. The smallest absolute Gasteiger partial charge is 0.294 e. The van der Waals surface area contributed by atoms with Crippen LogP contribution in [0.25, 0.3) is 38.8 Å². The quantitative estimate of drug-likeness (QED) is 0.211. The number of para-hydroxylation sites is 2. The Bertz CT molecular complexity index is 2370. The Hall–Kier alpha value is -5.35. The van der Waals surface area contributed by atoms with Gasteiger partial charge in [-0.2, -0.15) is 8.75 Å². The summed E-state index contributed by atoms with van der Waals surface area (Å²) in [7, 11) is 1.58. The van der Waals surface area contributed by atoms with Crippen LogP contribution >= 0.6 is 23.1 Å². The van der Waals surface area contributed by atoms with Crippen LogP contribution in [0.1, 0.15) is 30.5 Å². The fourth-order valence-corrected chi connectivity index (χ4v) is 7.60. The Morgan fingerprint density at radius 1 is 0.955 bits per heavy atom. The molecule has 0 unspecified atom stereocenters. The van der Waals surface area contributed by atoms with E-state index >= 15 is 0 Å². The van der Waals surface area contributed by atoms with Crippen LogP contribution in [0, 0.1) is 17.9 Å². The molecule has 4 aromatic carbocycles. The van der Waals surface area contributed by atoms with Gasteiger partial charge in [0.15, 0.2) is 0 Å². The molecular weight excluding hydrogens is 585 g/mol. The number of thiazole rings is 1. The highest BCUT2D eigenvalue weighted by Gasteiger charge is 2.37. The highest BCUT2D eigenvalue weighted by molar-refractivity contribution is 7.07. The van der Waals surface area contributed by atoms with E-state index in [4.69, 9.17) is 6.57 Å². The fraction of sp³-hybridized carbons (Fsp3) is 0.114. The van der Waals surface area contributed by atoms with E-state index < -0.39 is 0 Å². The zero-order valence-electron chi connectivity index (χ0n) is 24.1. The van der Waals surface area contributed by atoms with E-state index in [0.717, 1.165) is 56.6 Å². The molecule has 44 heavy (non-hydrogen) atoms. The number of nitrogens with zero attached hydrogens (tertiary/aromatic N) is 6. The molecule has 9 heteroatoms. The molecule has 7 rings (SSSR count). The maximum atomic E-state index is 13.0. The summed E-state index contributed by atoms with van der Waals surface area (Å²) in [6, 6.07) is 31.5. The number of rotatable bonds is 3. The van der Waals surface area contributed by atoms with Crippen LogP contribution in [-0.4, -0.2) is 13.3 Å². The molecule has 0 N–H and O–H groups in total. The standard InChI is InChI=1S/C35H24N6OS2/c1-35(2)25-12-8-9-13-28(25)41(23-10-6-5-7-11-23)29-17-15-21(18-26(29)35)24-16-14-22(31-32(24)39-44-38-31)19-30-33(42)40(4)34(43-30)27(20-36)37-3/h5-19H,1-2,4H3/b30-19-,34-27-. The van der Waals surface area contributed by atoms with Gasteiger partial charge in [0.2, 0.25) is 0 Å². The van der Waals surface area contributed by atoms with Gasteiger partial charge >= 0.3 is 0 Å². The lowest BCUT2D eigenvalue weighted by atomic mass is 9.73. The molecule has 0 radical (unpaired) electrons. The van der Waals surface area contributed by atoms with E-state index in [1.807, 2.05) is 24.3 Å². The average molecular weight is 609 g/mol. The van der Waals surface area contributed by atoms with Crippen molar-refractivity contribution in [2.75, 3.05) is 4.90 Å². The summed E-state index contributed by atoms with van der Waals surface area (Å²) in [5.41, 5.74) is 9.49. The summed E-state index contributed by atoms with van der Waals surface area (Å²) in [6.45, 7) is 11.8. The predicted molar refractivity (Wildman–Crippen MR) is 178 cm³/mol. The maximum Gasteiger partial charge on any atom is 0.294 e. The number of hydrogen-bond donors (Lipinski definition) is 0. The molecule has 212 valence electrons. The number of anilines is 3. The van der Waals surface area contributed by atoms with E-state index in [9.17, 15) is 10.1 Å². The molecule has 0 fully saturated rings. The van der Waals surface area contributed by atoms with Crippen molar-refractivity contribution >= 4 is 62.9 Å². The first kappa shape index (κ1) is 27.5. The molecule has 0 atom stereocenters. The van der Waals surface area contributed by atoms with Crippen molar-refractivity contribution in [2.45, 2.75) is 19.3 Å². The third-order valence-corrected chi connectivity index (χ3v) is 9.94. The van der Waals surface area contributed by atoms with E-state index in [0.29, 0.717) is 14.7 Å². The number of benzene rings is 4. The Kier molecular flexibility index (Phi) is 6.51. The lowest BCUT2D eigenvalue weighted by molar-refractivity contribution is 0.632. The number of nitriles is 1. The van der Waals surface area contributed by atoms with Gasteiger partial charge in [0.05, 0.1) is 40.3 Å². The van der Waals surface area contributed by atoms with Crippen LogP contribution in [0.4, 0.5) is 17.1 Å². The highest BCUT2D eigenvalue weighted by Crippen LogP contribution is 2.52. The molecule has 2 aromatic heterocycles. The second-order valence-electron chi connectivity index (χ2n) is 11.1. The van der Waals surface area contributed by atoms with Gasteiger partial charge in [-0.25, -0.2) is 10.1 Å². The summed E-state index contributed by atoms with van der Waals surface area (Å²) in [5, 5.41) is 9.33. The molecule has 0 bridgehead atoms. The Morgan fingerprint density at radius 3 is 2.45 bits per heavy atom. The lowest BCUT2D eigenvalue weighted by Gasteiger charge is -2.42. The second-order valence-corrected chi connectivity index (χ2v) is 12.6. The summed E-state index contributed by atoms with van der Waals surface area (Å²) in [5.74, 6) is 0. The Labute approximate surface area is 261 Å². The van der Waals surface area contributed by atoms with Gasteiger partial charge in [0.25, 0.3) is 11.3 Å². The van der Waals surface area contributed by atoms with Crippen LogP contribution in [-0.2, 0) is 12.5 Å². The van der Waals surface area contributed by atoms with Crippen LogP contribution in [0.5, 0.6) is 0 Å². The minimum Gasteiger partial charge on any atom is -0.310 e.